The number of carbonyl (C=O) groups excluding carboxylic acids is 1. The normalized spacial score (nSPS) is 11.6. The van der Waals surface area contributed by atoms with Gasteiger partial charge in [0.1, 0.15) is 0 Å². The molecule has 1 aromatic carbocycles. The third-order valence-electron chi connectivity index (χ3n) is 3.57. The van der Waals surface area contributed by atoms with Crippen LogP contribution in [0.1, 0.15) is 25.9 Å². The van der Waals surface area contributed by atoms with Gasteiger partial charge in [-0.05, 0) is 48.9 Å². The summed E-state index contributed by atoms with van der Waals surface area (Å²) in [4.78, 5) is 13.5. The van der Waals surface area contributed by atoms with Crippen molar-refractivity contribution >= 4 is 38.7 Å². The number of benzene rings is 1. The Bertz CT molecular complexity index is 1010. The summed E-state index contributed by atoms with van der Waals surface area (Å²) in [7, 11) is -3.70. The highest BCUT2D eigenvalue weighted by molar-refractivity contribution is 7.89. The molecule has 5 nitrogen and oxygen atoms in total. The minimum absolute atomic E-state index is 0.0877. The van der Waals surface area contributed by atoms with E-state index in [9.17, 15) is 13.2 Å². The van der Waals surface area contributed by atoms with Crippen LogP contribution in [-0.4, -0.2) is 14.2 Å². The van der Waals surface area contributed by atoms with E-state index >= 15 is 0 Å². The van der Waals surface area contributed by atoms with Crippen LogP contribution in [0.2, 0.25) is 5.02 Å². The van der Waals surface area contributed by atoms with Gasteiger partial charge in [-0.15, -0.1) is 11.3 Å². The smallest absolute Gasteiger partial charge is 0.241 e. The third-order valence-corrected chi connectivity index (χ3v) is 6.61. The van der Waals surface area contributed by atoms with Gasteiger partial charge in [0.15, 0.2) is 5.76 Å². The molecule has 3 rings (SSSR count). The first-order chi connectivity index (χ1) is 11.9. The quantitative estimate of drug-likeness (QED) is 0.639. The fourth-order valence-electron chi connectivity index (χ4n) is 2.25. The average molecular weight is 396 g/mol. The lowest BCUT2D eigenvalue weighted by atomic mass is 10.2. The zero-order chi connectivity index (χ0) is 18.0. The second-order valence-corrected chi connectivity index (χ2v) is 8.57. The maximum Gasteiger partial charge on any atom is 0.241 e. The first-order valence-electron chi connectivity index (χ1n) is 7.30. The van der Waals surface area contributed by atoms with Crippen molar-refractivity contribution in [2.75, 3.05) is 0 Å². The molecule has 0 radical (unpaired) electrons. The van der Waals surface area contributed by atoms with Gasteiger partial charge in [-0.2, -0.15) is 0 Å². The van der Waals surface area contributed by atoms with Gasteiger partial charge in [-0.25, -0.2) is 13.1 Å². The van der Waals surface area contributed by atoms with Crippen LogP contribution in [0.4, 0.5) is 0 Å². The number of rotatable bonds is 6. The molecule has 0 bridgehead atoms. The van der Waals surface area contributed by atoms with Crippen molar-refractivity contribution in [1.82, 2.24) is 4.72 Å². The van der Waals surface area contributed by atoms with E-state index in [0.29, 0.717) is 15.5 Å². The molecule has 1 N–H and O–H groups in total. The highest BCUT2D eigenvalue weighted by Gasteiger charge is 2.19. The van der Waals surface area contributed by atoms with Crippen LogP contribution in [0.3, 0.4) is 0 Å². The maximum absolute atomic E-state index is 12.5. The third kappa shape index (κ3) is 3.85. The lowest BCUT2D eigenvalue weighted by Crippen LogP contribution is -2.23. The average Bonchev–Trinajstić information content (AvgIpc) is 3.26. The number of thiophene rings is 1. The summed E-state index contributed by atoms with van der Waals surface area (Å²) in [6.07, 6.45) is 1.43. The molecule has 2 heterocycles. The molecule has 25 heavy (non-hydrogen) atoms. The van der Waals surface area contributed by atoms with E-state index in [2.05, 4.69) is 4.72 Å². The fourth-order valence-corrected chi connectivity index (χ4v) is 4.73. The predicted octanol–water partition coefficient (Wildman–Crippen LogP) is 4.01. The van der Waals surface area contributed by atoms with Crippen molar-refractivity contribution in [3.05, 3.63) is 74.8 Å². The summed E-state index contributed by atoms with van der Waals surface area (Å²) >= 11 is 7.21. The number of sulfonamides is 1. The number of carbonyl (C=O) groups is 1. The molecule has 0 saturated carbocycles. The van der Waals surface area contributed by atoms with E-state index in [4.69, 9.17) is 16.0 Å². The highest BCUT2D eigenvalue weighted by atomic mass is 35.5. The molecule has 130 valence electrons. The maximum atomic E-state index is 12.5. The first-order valence-corrected chi connectivity index (χ1v) is 9.98. The van der Waals surface area contributed by atoms with E-state index in [1.165, 1.54) is 23.7 Å². The number of ketones is 1. The van der Waals surface area contributed by atoms with Gasteiger partial charge in [-0.1, -0.05) is 17.7 Å². The Balaban J connectivity index is 1.74. The Kier molecular flexibility index (Phi) is 5.10. The van der Waals surface area contributed by atoms with Gasteiger partial charge in [0.2, 0.25) is 15.8 Å². The molecule has 2 aromatic heterocycles. The Labute approximate surface area is 154 Å². The Morgan fingerprint density at radius 1 is 1.20 bits per heavy atom. The van der Waals surface area contributed by atoms with Gasteiger partial charge >= 0.3 is 0 Å². The zero-order valence-electron chi connectivity index (χ0n) is 13.2. The van der Waals surface area contributed by atoms with Gasteiger partial charge in [-0.3, -0.25) is 4.79 Å². The molecule has 3 aromatic rings. The molecular weight excluding hydrogens is 382 g/mol. The Morgan fingerprint density at radius 2 is 2.00 bits per heavy atom. The van der Waals surface area contributed by atoms with E-state index < -0.39 is 10.0 Å². The molecule has 0 saturated heterocycles. The molecule has 0 fully saturated rings. The fraction of sp³-hybridized carbons (Fsp3) is 0.118. The summed E-state index contributed by atoms with van der Waals surface area (Å²) in [5.74, 6) is 0.0262. The van der Waals surface area contributed by atoms with Gasteiger partial charge in [0.05, 0.1) is 16.0 Å². The molecule has 8 heteroatoms. The number of hydrogen-bond acceptors (Lipinski definition) is 5. The summed E-state index contributed by atoms with van der Waals surface area (Å²) < 4.78 is 32.5. The zero-order valence-corrected chi connectivity index (χ0v) is 15.5. The minimum Gasteiger partial charge on any atom is -0.461 e. The summed E-state index contributed by atoms with van der Waals surface area (Å²) in [6, 6.07) is 11.3. The van der Waals surface area contributed by atoms with Crippen molar-refractivity contribution in [3.8, 4) is 0 Å². The number of nitrogens with one attached hydrogen (secondary N) is 1. The largest absolute Gasteiger partial charge is 0.461 e. The first kappa shape index (κ1) is 17.9. The van der Waals surface area contributed by atoms with Crippen LogP contribution in [0.25, 0.3) is 0 Å². The second kappa shape index (κ2) is 7.13. The molecule has 0 aliphatic carbocycles. The number of halogens is 1. The molecule has 0 atom stereocenters. The molecule has 0 aliphatic heterocycles. The van der Waals surface area contributed by atoms with Crippen LogP contribution >= 0.6 is 22.9 Å². The highest BCUT2D eigenvalue weighted by Crippen LogP contribution is 2.24. The SMILES string of the molecule is Cc1c(Cl)cccc1S(=O)(=O)NCc1ccc(C(=O)c2ccco2)s1. The lowest BCUT2D eigenvalue weighted by Gasteiger charge is -2.09. The predicted molar refractivity (Wildman–Crippen MR) is 96.7 cm³/mol. The lowest BCUT2D eigenvalue weighted by molar-refractivity contribution is 0.101. The van der Waals surface area contributed by atoms with E-state index in [1.54, 1.807) is 43.3 Å². The van der Waals surface area contributed by atoms with Gasteiger partial charge < -0.3 is 4.42 Å². The molecule has 0 amide bonds. The molecule has 0 spiro atoms. The van der Waals surface area contributed by atoms with E-state index in [0.717, 1.165) is 4.88 Å². The van der Waals surface area contributed by atoms with Crippen LogP contribution in [0.15, 0.2) is 58.0 Å². The van der Waals surface area contributed by atoms with Crippen molar-refractivity contribution in [2.45, 2.75) is 18.4 Å². The summed E-state index contributed by atoms with van der Waals surface area (Å²) in [5.41, 5.74) is 0.497. The van der Waals surface area contributed by atoms with E-state index in [-0.39, 0.29) is 23.0 Å². The number of furan rings is 1. The molecule has 0 unspecified atom stereocenters. The van der Waals surface area contributed by atoms with Gasteiger partial charge in [0, 0.05) is 16.4 Å². The van der Waals surface area contributed by atoms with Crippen LogP contribution < -0.4 is 4.72 Å². The summed E-state index contributed by atoms with van der Waals surface area (Å²) in [6.45, 7) is 1.74. The summed E-state index contributed by atoms with van der Waals surface area (Å²) in [5, 5.41) is 0.394. The van der Waals surface area contributed by atoms with Crippen LogP contribution in [0, 0.1) is 6.92 Å². The van der Waals surface area contributed by atoms with Crippen molar-refractivity contribution in [3.63, 3.8) is 0 Å². The Hall–Kier alpha value is -1.93. The van der Waals surface area contributed by atoms with Crippen molar-refractivity contribution in [1.29, 1.82) is 0 Å². The van der Waals surface area contributed by atoms with Crippen LogP contribution in [-0.2, 0) is 16.6 Å². The van der Waals surface area contributed by atoms with Crippen molar-refractivity contribution < 1.29 is 17.6 Å². The Morgan fingerprint density at radius 3 is 2.72 bits per heavy atom. The standard InChI is InChI=1S/C17H14ClNO4S2/c1-11-13(18)4-2-6-16(11)25(21,22)19-10-12-7-8-15(24-12)17(20)14-5-3-9-23-14/h2-9,19H,10H2,1H3. The second-order valence-electron chi connectivity index (χ2n) is 5.26. The molecular formula is C17H14ClNO4S2. The van der Waals surface area contributed by atoms with Crippen LogP contribution in [0.5, 0.6) is 0 Å². The monoisotopic (exact) mass is 395 g/mol. The van der Waals surface area contributed by atoms with E-state index in [1.807, 2.05) is 0 Å². The minimum atomic E-state index is -3.70. The van der Waals surface area contributed by atoms with Crippen molar-refractivity contribution in [2.24, 2.45) is 0 Å². The number of hydrogen-bond donors (Lipinski definition) is 1. The topological polar surface area (TPSA) is 76.4 Å². The molecule has 0 aliphatic rings. The van der Waals surface area contributed by atoms with Gasteiger partial charge in [0.25, 0.3) is 0 Å².